The summed E-state index contributed by atoms with van der Waals surface area (Å²) >= 11 is 0. The number of halogens is 1. The topological polar surface area (TPSA) is 29.5 Å². The Morgan fingerprint density at radius 2 is 1.85 bits per heavy atom. The van der Waals surface area contributed by atoms with Gasteiger partial charge in [0.15, 0.2) is 6.29 Å². The second-order valence-electron chi connectivity index (χ2n) is 5.57. The number of rotatable bonds is 0. The number of hydrogen-bond donors (Lipinski definition) is 1. The minimum atomic E-state index is -0.771. The smallest absolute Gasteiger partial charge is 0.156 e. The number of aliphatic hydroxyl groups is 1. The van der Waals surface area contributed by atoms with Gasteiger partial charge in [0.25, 0.3) is 0 Å². The van der Waals surface area contributed by atoms with Crippen LogP contribution in [0.5, 0.6) is 0 Å². The van der Waals surface area contributed by atoms with Crippen LogP contribution in [0.3, 0.4) is 0 Å². The highest BCUT2D eigenvalue weighted by atomic mass is 19.1. The molecule has 1 heterocycles. The van der Waals surface area contributed by atoms with Crippen molar-refractivity contribution in [3.05, 3.63) is 70.5 Å². The summed E-state index contributed by atoms with van der Waals surface area (Å²) in [6, 6.07) is 13.1. The van der Waals surface area contributed by atoms with Gasteiger partial charge in [-0.25, -0.2) is 4.39 Å². The molecule has 0 aromatic heterocycles. The zero-order valence-corrected chi connectivity index (χ0v) is 10.9. The molecule has 3 heteroatoms. The van der Waals surface area contributed by atoms with Crippen LogP contribution in [0.2, 0.25) is 0 Å². The SMILES string of the molecule is OC1C[C@@H]2c3ccccc3Cc3ccc(F)cc3[C@@H]2O1. The monoisotopic (exact) mass is 270 g/mol. The summed E-state index contributed by atoms with van der Waals surface area (Å²) in [5.41, 5.74) is 4.42. The molecule has 1 aliphatic carbocycles. The van der Waals surface area contributed by atoms with E-state index in [4.69, 9.17) is 4.74 Å². The van der Waals surface area contributed by atoms with Gasteiger partial charge in [-0.3, -0.25) is 0 Å². The van der Waals surface area contributed by atoms with E-state index in [1.165, 1.54) is 17.2 Å². The summed E-state index contributed by atoms with van der Waals surface area (Å²) < 4.78 is 19.3. The lowest BCUT2D eigenvalue weighted by Gasteiger charge is -2.18. The third-order valence-corrected chi connectivity index (χ3v) is 4.37. The van der Waals surface area contributed by atoms with Crippen LogP contribution in [-0.2, 0) is 11.2 Å². The van der Waals surface area contributed by atoms with E-state index in [0.29, 0.717) is 6.42 Å². The second kappa shape index (κ2) is 4.40. The quantitative estimate of drug-likeness (QED) is 0.796. The Labute approximate surface area is 116 Å². The first-order valence-electron chi connectivity index (χ1n) is 6.92. The Hall–Kier alpha value is -1.71. The van der Waals surface area contributed by atoms with Crippen molar-refractivity contribution >= 4 is 0 Å². The number of benzene rings is 2. The minimum absolute atomic E-state index is 0.101. The summed E-state index contributed by atoms with van der Waals surface area (Å²) in [5, 5.41) is 9.86. The van der Waals surface area contributed by atoms with E-state index in [1.807, 2.05) is 18.2 Å². The first-order chi connectivity index (χ1) is 9.72. The van der Waals surface area contributed by atoms with Gasteiger partial charge in [0.2, 0.25) is 0 Å². The largest absolute Gasteiger partial charge is 0.368 e. The molecule has 0 saturated carbocycles. The highest BCUT2D eigenvalue weighted by molar-refractivity contribution is 5.45. The Bertz CT molecular complexity index is 668. The van der Waals surface area contributed by atoms with Crippen LogP contribution in [0.1, 0.15) is 40.7 Å². The summed E-state index contributed by atoms with van der Waals surface area (Å²) in [4.78, 5) is 0. The molecule has 102 valence electrons. The van der Waals surface area contributed by atoms with Crippen molar-refractivity contribution in [3.63, 3.8) is 0 Å². The van der Waals surface area contributed by atoms with Crippen LogP contribution in [0, 0.1) is 5.82 Å². The molecule has 1 aliphatic heterocycles. The predicted octanol–water partition coefficient (Wildman–Crippen LogP) is 3.29. The maximum atomic E-state index is 13.6. The van der Waals surface area contributed by atoms with Gasteiger partial charge in [-0.05, 0) is 40.8 Å². The lowest BCUT2D eigenvalue weighted by molar-refractivity contribution is -0.0922. The van der Waals surface area contributed by atoms with Crippen molar-refractivity contribution in [1.29, 1.82) is 0 Å². The van der Waals surface area contributed by atoms with E-state index in [9.17, 15) is 9.50 Å². The molecule has 0 amide bonds. The average molecular weight is 270 g/mol. The molecule has 3 atom stereocenters. The highest BCUT2D eigenvalue weighted by Crippen LogP contribution is 2.48. The molecule has 2 aromatic carbocycles. The lowest BCUT2D eigenvalue weighted by Crippen LogP contribution is -2.07. The van der Waals surface area contributed by atoms with Gasteiger partial charge in [0.05, 0.1) is 6.10 Å². The first-order valence-corrected chi connectivity index (χ1v) is 6.92. The molecule has 2 nitrogen and oxygen atoms in total. The van der Waals surface area contributed by atoms with Crippen LogP contribution >= 0.6 is 0 Å². The summed E-state index contributed by atoms with van der Waals surface area (Å²) in [5.74, 6) is -0.150. The van der Waals surface area contributed by atoms with Crippen LogP contribution in [-0.4, -0.2) is 11.4 Å². The van der Waals surface area contributed by atoms with Crippen LogP contribution in [0.15, 0.2) is 42.5 Å². The Balaban J connectivity index is 1.93. The molecule has 0 bridgehead atoms. The van der Waals surface area contributed by atoms with Crippen molar-refractivity contribution in [2.45, 2.75) is 31.2 Å². The second-order valence-corrected chi connectivity index (χ2v) is 5.57. The molecule has 20 heavy (non-hydrogen) atoms. The molecule has 4 rings (SSSR count). The van der Waals surface area contributed by atoms with E-state index in [2.05, 4.69) is 12.1 Å². The molecule has 1 unspecified atom stereocenters. The van der Waals surface area contributed by atoms with E-state index >= 15 is 0 Å². The van der Waals surface area contributed by atoms with Crippen molar-refractivity contribution in [3.8, 4) is 0 Å². The summed E-state index contributed by atoms with van der Waals surface area (Å²) in [7, 11) is 0. The molecule has 2 aromatic rings. The molecule has 1 saturated heterocycles. The highest BCUT2D eigenvalue weighted by Gasteiger charge is 2.40. The summed E-state index contributed by atoms with van der Waals surface area (Å²) in [6.45, 7) is 0. The van der Waals surface area contributed by atoms with Gasteiger partial charge in [-0.15, -0.1) is 0 Å². The lowest BCUT2D eigenvalue weighted by atomic mass is 9.88. The summed E-state index contributed by atoms with van der Waals surface area (Å²) in [6.07, 6.45) is 0.335. The fourth-order valence-electron chi connectivity index (χ4n) is 3.49. The van der Waals surface area contributed by atoms with E-state index in [-0.39, 0.29) is 17.8 Å². The molecular formula is C17H15FO2. The van der Waals surface area contributed by atoms with Crippen LogP contribution in [0.4, 0.5) is 4.39 Å². The Morgan fingerprint density at radius 3 is 2.75 bits per heavy atom. The predicted molar refractivity (Wildman–Crippen MR) is 72.8 cm³/mol. The standard InChI is InChI=1S/C17H15FO2/c18-12-6-5-11-7-10-3-1-2-4-13(10)15-9-16(19)20-17(15)14(11)8-12/h1-6,8,15-17,19H,7,9H2/t15-,16?,17+/m1/s1. The van der Waals surface area contributed by atoms with Gasteiger partial charge in [-0.1, -0.05) is 30.3 Å². The number of fused-ring (bicyclic) bond motifs is 5. The zero-order valence-electron chi connectivity index (χ0n) is 10.9. The van der Waals surface area contributed by atoms with Crippen molar-refractivity contribution < 1.29 is 14.2 Å². The van der Waals surface area contributed by atoms with Crippen molar-refractivity contribution in [2.24, 2.45) is 0 Å². The van der Waals surface area contributed by atoms with E-state index in [1.54, 1.807) is 6.07 Å². The average Bonchev–Trinajstić information content (AvgIpc) is 2.78. The maximum Gasteiger partial charge on any atom is 0.156 e. The van der Waals surface area contributed by atoms with Crippen molar-refractivity contribution in [1.82, 2.24) is 0 Å². The van der Waals surface area contributed by atoms with E-state index in [0.717, 1.165) is 17.5 Å². The zero-order chi connectivity index (χ0) is 13.7. The molecule has 1 N–H and O–H groups in total. The van der Waals surface area contributed by atoms with Gasteiger partial charge >= 0.3 is 0 Å². The fourth-order valence-corrected chi connectivity index (χ4v) is 3.49. The fraction of sp³-hybridized carbons (Fsp3) is 0.294. The normalized spacial score (nSPS) is 27.4. The van der Waals surface area contributed by atoms with Gasteiger partial charge in [0, 0.05) is 12.3 Å². The number of hydrogen-bond acceptors (Lipinski definition) is 2. The Morgan fingerprint density at radius 1 is 1.05 bits per heavy atom. The van der Waals surface area contributed by atoms with Crippen molar-refractivity contribution in [2.75, 3.05) is 0 Å². The van der Waals surface area contributed by atoms with E-state index < -0.39 is 6.29 Å². The molecular weight excluding hydrogens is 255 g/mol. The third-order valence-electron chi connectivity index (χ3n) is 4.37. The van der Waals surface area contributed by atoms with Gasteiger partial charge in [0.1, 0.15) is 5.82 Å². The van der Waals surface area contributed by atoms with Crippen LogP contribution < -0.4 is 0 Å². The Kier molecular flexibility index (Phi) is 2.65. The molecule has 0 radical (unpaired) electrons. The first kappa shape index (κ1) is 12.1. The van der Waals surface area contributed by atoms with Crippen LogP contribution in [0.25, 0.3) is 0 Å². The maximum absolute atomic E-state index is 13.6. The van der Waals surface area contributed by atoms with Gasteiger partial charge < -0.3 is 9.84 Å². The molecule has 1 fully saturated rings. The number of ether oxygens (including phenoxy) is 1. The molecule has 0 spiro atoms. The number of aliphatic hydroxyl groups excluding tert-OH is 1. The minimum Gasteiger partial charge on any atom is -0.368 e. The third kappa shape index (κ3) is 1.78. The van der Waals surface area contributed by atoms with Gasteiger partial charge in [-0.2, -0.15) is 0 Å². The molecule has 2 aliphatic rings.